The summed E-state index contributed by atoms with van der Waals surface area (Å²) in [6.07, 6.45) is 0. The lowest BCUT2D eigenvalue weighted by atomic mass is 9.89. The van der Waals surface area contributed by atoms with Crippen LogP contribution in [0.2, 0.25) is 0 Å². The molecule has 5 rings (SSSR count). The minimum atomic E-state index is -0.105. The summed E-state index contributed by atoms with van der Waals surface area (Å²) in [6, 6.07) is 23.9. The molecule has 0 amide bonds. The molecule has 0 saturated carbocycles. The number of fused-ring (bicyclic) bond motifs is 3. The third-order valence-corrected chi connectivity index (χ3v) is 5.72. The van der Waals surface area contributed by atoms with E-state index in [0.717, 1.165) is 55.6 Å². The minimum Gasteiger partial charge on any atom is -0.489 e. The quantitative estimate of drug-likeness (QED) is 0.475. The number of aliphatic hydroxyl groups is 1. The van der Waals surface area contributed by atoms with Crippen LogP contribution < -0.4 is 19.5 Å². The molecular weight excluding hydrogens is 395 g/mol. The van der Waals surface area contributed by atoms with Gasteiger partial charge in [0, 0.05) is 5.39 Å². The molecule has 4 aromatic rings. The second-order valence-electron chi connectivity index (χ2n) is 7.17. The molecule has 1 N–H and O–H groups in total. The molecule has 30 heavy (non-hydrogen) atoms. The van der Waals surface area contributed by atoms with Crippen LogP contribution in [-0.4, -0.2) is 11.9 Å². The molecule has 1 aliphatic rings. The molecule has 4 nitrogen and oxygen atoms in total. The molecule has 1 heterocycles. The molecular formula is C25H21O4P. The maximum absolute atomic E-state index is 10.4. The lowest BCUT2D eigenvalue weighted by molar-refractivity contribution is 0.175. The Balaban J connectivity index is 1.72. The van der Waals surface area contributed by atoms with Crippen molar-refractivity contribution in [2.45, 2.75) is 13.2 Å². The van der Waals surface area contributed by atoms with Gasteiger partial charge < -0.3 is 19.3 Å². The van der Waals surface area contributed by atoms with Crippen molar-refractivity contribution in [3.63, 3.8) is 0 Å². The molecule has 0 bridgehead atoms. The molecule has 1 unspecified atom stereocenters. The number of hydrogen-bond acceptors (Lipinski definition) is 4. The molecule has 1 aliphatic heterocycles. The zero-order valence-corrected chi connectivity index (χ0v) is 17.5. The summed E-state index contributed by atoms with van der Waals surface area (Å²) in [5.74, 6) is 2.24. The van der Waals surface area contributed by atoms with Crippen molar-refractivity contribution in [2.75, 3.05) is 6.79 Å². The summed E-state index contributed by atoms with van der Waals surface area (Å²) in [6.45, 7) is 0.455. The Kier molecular flexibility index (Phi) is 5.04. The first kappa shape index (κ1) is 18.9. The second kappa shape index (κ2) is 7.98. The zero-order chi connectivity index (χ0) is 20.5. The van der Waals surface area contributed by atoms with E-state index in [9.17, 15) is 5.11 Å². The minimum absolute atomic E-state index is 0.105. The average Bonchev–Trinajstić information content (AvgIpc) is 3.27. The largest absolute Gasteiger partial charge is 0.489 e. The van der Waals surface area contributed by atoms with Crippen LogP contribution in [0.25, 0.3) is 21.9 Å². The highest BCUT2D eigenvalue weighted by Crippen LogP contribution is 2.46. The van der Waals surface area contributed by atoms with Gasteiger partial charge in [0.2, 0.25) is 6.79 Å². The number of rotatable bonds is 5. The van der Waals surface area contributed by atoms with Crippen molar-refractivity contribution in [1.82, 2.24) is 0 Å². The van der Waals surface area contributed by atoms with Crippen molar-refractivity contribution in [2.24, 2.45) is 0 Å². The van der Waals surface area contributed by atoms with Crippen LogP contribution in [0.3, 0.4) is 0 Å². The van der Waals surface area contributed by atoms with Crippen molar-refractivity contribution in [3.8, 4) is 28.4 Å². The van der Waals surface area contributed by atoms with Crippen LogP contribution in [0.15, 0.2) is 72.8 Å². The first-order valence-electron chi connectivity index (χ1n) is 9.76. The average molecular weight is 416 g/mol. The van der Waals surface area contributed by atoms with Crippen LogP contribution in [0.1, 0.15) is 11.1 Å². The van der Waals surface area contributed by atoms with E-state index in [2.05, 4.69) is 27.4 Å². The Morgan fingerprint density at radius 2 is 1.73 bits per heavy atom. The van der Waals surface area contributed by atoms with Crippen LogP contribution >= 0.6 is 9.24 Å². The Labute approximate surface area is 177 Å². The van der Waals surface area contributed by atoms with E-state index in [1.54, 1.807) is 0 Å². The number of hydrogen-bond donors (Lipinski definition) is 1. The van der Waals surface area contributed by atoms with E-state index in [0.29, 0.717) is 6.61 Å². The topological polar surface area (TPSA) is 47.9 Å². The monoisotopic (exact) mass is 416 g/mol. The summed E-state index contributed by atoms with van der Waals surface area (Å²) in [4.78, 5) is 0. The van der Waals surface area contributed by atoms with E-state index in [1.165, 1.54) is 0 Å². The molecule has 0 saturated heterocycles. The van der Waals surface area contributed by atoms with Gasteiger partial charge in [-0.2, -0.15) is 0 Å². The smallest absolute Gasteiger partial charge is 0.231 e. The van der Waals surface area contributed by atoms with E-state index >= 15 is 0 Å². The highest BCUT2D eigenvalue weighted by molar-refractivity contribution is 7.27. The van der Waals surface area contributed by atoms with Gasteiger partial charge in [0.25, 0.3) is 0 Å². The van der Waals surface area contributed by atoms with Crippen molar-refractivity contribution < 1.29 is 19.3 Å². The van der Waals surface area contributed by atoms with Crippen molar-refractivity contribution in [1.29, 1.82) is 0 Å². The van der Waals surface area contributed by atoms with Crippen LogP contribution in [0.5, 0.6) is 17.2 Å². The summed E-state index contributed by atoms with van der Waals surface area (Å²) in [5.41, 5.74) is 3.74. The molecule has 1 atom stereocenters. The van der Waals surface area contributed by atoms with Crippen LogP contribution in [-0.2, 0) is 13.2 Å². The van der Waals surface area contributed by atoms with Gasteiger partial charge in [-0.15, -0.1) is 9.24 Å². The third kappa shape index (κ3) is 3.39. The number of ether oxygens (including phenoxy) is 3. The molecule has 0 spiro atoms. The van der Waals surface area contributed by atoms with E-state index in [-0.39, 0.29) is 13.4 Å². The normalized spacial score (nSPS) is 12.3. The van der Waals surface area contributed by atoms with Gasteiger partial charge in [-0.1, -0.05) is 48.5 Å². The van der Waals surface area contributed by atoms with Gasteiger partial charge in [-0.3, -0.25) is 0 Å². The van der Waals surface area contributed by atoms with E-state index in [1.807, 2.05) is 54.6 Å². The SMILES string of the molecule is OCc1c(COc2ccccc2)cc2ccc3c(c2c1-c1ccc(P)cc1)OCO3. The first-order chi connectivity index (χ1) is 14.7. The molecule has 0 fully saturated rings. The third-order valence-electron chi connectivity index (χ3n) is 5.34. The van der Waals surface area contributed by atoms with Gasteiger partial charge in [-0.05, 0) is 57.2 Å². The molecule has 150 valence electrons. The Hall–Kier alpha value is -3.07. The predicted molar refractivity (Wildman–Crippen MR) is 122 cm³/mol. The van der Waals surface area contributed by atoms with E-state index in [4.69, 9.17) is 14.2 Å². The van der Waals surface area contributed by atoms with Gasteiger partial charge in [0.1, 0.15) is 12.4 Å². The Bertz CT molecular complexity index is 1200. The summed E-state index contributed by atoms with van der Waals surface area (Å²) >= 11 is 0. The summed E-state index contributed by atoms with van der Waals surface area (Å²) < 4.78 is 17.5. The molecule has 0 aliphatic carbocycles. The highest BCUT2D eigenvalue weighted by atomic mass is 31.0. The molecule has 4 aromatic carbocycles. The van der Waals surface area contributed by atoms with Crippen LogP contribution in [0, 0.1) is 0 Å². The fourth-order valence-electron chi connectivity index (χ4n) is 3.91. The van der Waals surface area contributed by atoms with Crippen molar-refractivity contribution in [3.05, 3.63) is 83.9 Å². The molecule has 5 heteroatoms. The number of para-hydroxylation sites is 1. The lowest BCUT2D eigenvalue weighted by Gasteiger charge is -2.19. The summed E-state index contributed by atoms with van der Waals surface area (Å²) in [5, 5.41) is 13.5. The lowest BCUT2D eigenvalue weighted by Crippen LogP contribution is -2.04. The Morgan fingerprint density at radius 1 is 0.933 bits per heavy atom. The Morgan fingerprint density at radius 3 is 2.50 bits per heavy atom. The standard InChI is InChI=1S/C25H21O4P/c26-13-21-18(14-27-19-4-2-1-3-5-19)12-17-8-11-22-25(29-15-28-22)24(17)23(21)16-6-9-20(30)10-7-16/h1-12,26H,13-15,30H2. The maximum atomic E-state index is 10.4. The maximum Gasteiger partial charge on any atom is 0.231 e. The van der Waals surface area contributed by atoms with Gasteiger partial charge >= 0.3 is 0 Å². The van der Waals surface area contributed by atoms with Crippen LogP contribution in [0.4, 0.5) is 0 Å². The second-order valence-corrected chi connectivity index (χ2v) is 7.84. The van der Waals surface area contributed by atoms with Gasteiger partial charge in [-0.25, -0.2) is 0 Å². The molecule has 0 radical (unpaired) electrons. The summed E-state index contributed by atoms with van der Waals surface area (Å²) in [7, 11) is 2.70. The van der Waals surface area contributed by atoms with Gasteiger partial charge in [0.05, 0.1) is 6.61 Å². The first-order valence-corrected chi connectivity index (χ1v) is 10.3. The van der Waals surface area contributed by atoms with Gasteiger partial charge in [0.15, 0.2) is 11.5 Å². The number of benzene rings is 4. The van der Waals surface area contributed by atoms with E-state index < -0.39 is 0 Å². The fraction of sp³-hybridized carbons (Fsp3) is 0.120. The number of aliphatic hydroxyl groups excluding tert-OH is 1. The zero-order valence-electron chi connectivity index (χ0n) is 16.3. The van der Waals surface area contributed by atoms with Crippen molar-refractivity contribution >= 4 is 25.3 Å². The highest BCUT2D eigenvalue weighted by Gasteiger charge is 2.23. The fourth-order valence-corrected chi connectivity index (χ4v) is 4.10. The molecule has 0 aromatic heterocycles. The predicted octanol–water partition coefficient (Wildman–Crippen LogP) is 4.81.